The zero-order valence-corrected chi connectivity index (χ0v) is 12.1. The number of halogens is 2. The van der Waals surface area contributed by atoms with Crippen molar-refractivity contribution in [3.63, 3.8) is 0 Å². The molecule has 0 aliphatic heterocycles. The second-order valence-electron chi connectivity index (χ2n) is 4.07. The summed E-state index contributed by atoms with van der Waals surface area (Å²) in [5.74, 6) is -2.77. The lowest BCUT2D eigenvalue weighted by molar-refractivity contribution is 0.0661. The maximum absolute atomic E-state index is 13.3. The summed E-state index contributed by atoms with van der Waals surface area (Å²) in [7, 11) is -4.10. The van der Waals surface area contributed by atoms with Crippen molar-refractivity contribution >= 4 is 33.3 Å². The highest BCUT2D eigenvalue weighted by molar-refractivity contribution is 7.92. The van der Waals surface area contributed by atoms with Crippen LogP contribution in [0, 0.1) is 12.7 Å². The molecule has 2 rings (SSSR count). The first-order chi connectivity index (χ1) is 9.70. The minimum Gasteiger partial charge on any atom is -0.475 e. The SMILES string of the molecule is Cc1oc(C(=O)O)cc1S(=O)(=O)Nc1ccc(Cl)c(F)c1. The van der Waals surface area contributed by atoms with Crippen LogP contribution in [0.15, 0.2) is 33.6 Å². The second-order valence-corrected chi connectivity index (χ2v) is 6.13. The molecule has 0 saturated heterocycles. The first-order valence-corrected chi connectivity index (χ1v) is 7.38. The molecule has 0 amide bonds. The van der Waals surface area contributed by atoms with Crippen molar-refractivity contribution in [1.29, 1.82) is 0 Å². The van der Waals surface area contributed by atoms with Gasteiger partial charge in [0.2, 0.25) is 5.76 Å². The maximum atomic E-state index is 13.3. The molecule has 9 heteroatoms. The summed E-state index contributed by atoms with van der Waals surface area (Å²) in [6.07, 6.45) is 0. The van der Waals surface area contributed by atoms with E-state index in [9.17, 15) is 17.6 Å². The molecule has 0 fully saturated rings. The Balaban J connectivity index is 2.38. The van der Waals surface area contributed by atoms with Crippen molar-refractivity contribution < 1.29 is 27.1 Å². The third-order valence-electron chi connectivity index (χ3n) is 2.54. The lowest BCUT2D eigenvalue weighted by atomic mass is 10.3. The summed E-state index contributed by atoms with van der Waals surface area (Å²) >= 11 is 5.50. The number of aryl methyl sites for hydroxylation is 1. The fourth-order valence-electron chi connectivity index (χ4n) is 1.61. The van der Waals surface area contributed by atoms with Crippen LogP contribution in [0.5, 0.6) is 0 Å². The smallest absolute Gasteiger partial charge is 0.371 e. The molecule has 6 nitrogen and oxygen atoms in total. The van der Waals surface area contributed by atoms with E-state index in [4.69, 9.17) is 21.1 Å². The lowest BCUT2D eigenvalue weighted by Crippen LogP contribution is -2.13. The number of anilines is 1. The zero-order valence-electron chi connectivity index (χ0n) is 10.6. The van der Waals surface area contributed by atoms with Gasteiger partial charge in [-0.3, -0.25) is 4.72 Å². The van der Waals surface area contributed by atoms with Crippen LogP contribution in [0.3, 0.4) is 0 Å². The Morgan fingerprint density at radius 1 is 1.38 bits per heavy atom. The van der Waals surface area contributed by atoms with Crippen molar-refractivity contribution in [1.82, 2.24) is 0 Å². The Morgan fingerprint density at radius 2 is 2.05 bits per heavy atom. The van der Waals surface area contributed by atoms with Gasteiger partial charge >= 0.3 is 5.97 Å². The van der Waals surface area contributed by atoms with Crippen LogP contribution in [0.4, 0.5) is 10.1 Å². The van der Waals surface area contributed by atoms with Crippen molar-refractivity contribution in [2.45, 2.75) is 11.8 Å². The minimum absolute atomic E-state index is 0.0469. The molecule has 0 atom stereocenters. The number of carboxylic acids is 1. The van der Waals surface area contributed by atoms with Gasteiger partial charge in [0.25, 0.3) is 10.0 Å². The van der Waals surface area contributed by atoms with Gasteiger partial charge in [-0.1, -0.05) is 11.6 Å². The van der Waals surface area contributed by atoms with Gasteiger partial charge in [0.1, 0.15) is 16.5 Å². The Morgan fingerprint density at radius 3 is 2.57 bits per heavy atom. The fourth-order valence-corrected chi connectivity index (χ4v) is 2.95. The van der Waals surface area contributed by atoms with E-state index in [0.717, 1.165) is 12.1 Å². The number of hydrogen-bond acceptors (Lipinski definition) is 4. The summed E-state index contributed by atoms with van der Waals surface area (Å²) in [5.41, 5.74) is -0.0469. The number of furan rings is 1. The molecule has 1 aromatic heterocycles. The molecule has 112 valence electrons. The first-order valence-electron chi connectivity index (χ1n) is 5.52. The van der Waals surface area contributed by atoms with E-state index >= 15 is 0 Å². The molecule has 0 aliphatic carbocycles. The summed E-state index contributed by atoms with van der Waals surface area (Å²) in [6, 6.07) is 4.26. The van der Waals surface area contributed by atoms with Crippen LogP contribution >= 0.6 is 11.6 Å². The molecule has 0 unspecified atom stereocenters. The zero-order chi connectivity index (χ0) is 15.8. The fraction of sp³-hybridized carbons (Fsp3) is 0.0833. The predicted molar refractivity (Wildman–Crippen MR) is 72.6 cm³/mol. The van der Waals surface area contributed by atoms with Crippen LogP contribution in [-0.2, 0) is 10.0 Å². The molecule has 0 spiro atoms. The van der Waals surface area contributed by atoms with Crippen molar-refractivity contribution in [3.8, 4) is 0 Å². The minimum atomic E-state index is -4.10. The summed E-state index contributed by atoms with van der Waals surface area (Å²) < 4.78 is 44.5. The highest BCUT2D eigenvalue weighted by Crippen LogP contribution is 2.25. The number of carbonyl (C=O) groups is 1. The Kier molecular flexibility index (Phi) is 3.93. The number of sulfonamides is 1. The molecule has 1 heterocycles. The van der Waals surface area contributed by atoms with E-state index in [1.165, 1.54) is 19.1 Å². The van der Waals surface area contributed by atoms with Crippen molar-refractivity contribution in [2.75, 3.05) is 4.72 Å². The van der Waals surface area contributed by atoms with Gasteiger partial charge in [0, 0.05) is 6.07 Å². The van der Waals surface area contributed by atoms with E-state index in [1.807, 2.05) is 0 Å². The molecular formula is C12H9ClFNO5S. The van der Waals surface area contributed by atoms with Crippen molar-refractivity contribution in [2.24, 2.45) is 0 Å². The van der Waals surface area contributed by atoms with E-state index in [0.29, 0.717) is 0 Å². The molecule has 0 bridgehead atoms. The molecule has 2 aromatic rings. The van der Waals surface area contributed by atoms with Gasteiger partial charge in [-0.15, -0.1) is 0 Å². The van der Waals surface area contributed by atoms with E-state index in [2.05, 4.69) is 4.72 Å². The second kappa shape index (κ2) is 5.38. The Hall–Kier alpha value is -2.06. The van der Waals surface area contributed by atoms with E-state index < -0.39 is 27.6 Å². The molecule has 1 aromatic carbocycles. The van der Waals surface area contributed by atoms with Gasteiger partial charge in [0.15, 0.2) is 0 Å². The molecular weight excluding hydrogens is 325 g/mol. The quantitative estimate of drug-likeness (QED) is 0.896. The van der Waals surface area contributed by atoms with Crippen LogP contribution < -0.4 is 4.72 Å². The molecule has 0 aliphatic rings. The average molecular weight is 334 g/mol. The van der Waals surface area contributed by atoms with Crippen LogP contribution in [0.2, 0.25) is 5.02 Å². The molecule has 0 saturated carbocycles. The van der Waals surface area contributed by atoms with Crippen LogP contribution in [0.1, 0.15) is 16.3 Å². The van der Waals surface area contributed by atoms with Gasteiger partial charge in [-0.05, 0) is 25.1 Å². The number of rotatable bonds is 4. The molecule has 0 radical (unpaired) electrons. The number of hydrogen-bond donors (Lipinski definition) is 2. The summed E-state index contributed by atoms with van der Waals surface area (Å²) in [4.78, 5) is 10.4. The van der Waals surface area contributed by atoms with Gasteiger partial charge in [0.05, 0.1) is 10.7 Å². The summed E-state index contributed by atoms with van der Waals surface area (Å²) in [5, 5.41) is 8.62. The third kappa shape index (κ3) is 3.17. The van der Waals surface area contributed by atoms with Gasteiger partial charge in [-0.25, -0.2) is 17.6 Å². The standard InChI is InChI=1S/C12H9ClFNO5S/c1-6-11(5-10(20-6)12(16)17)21(18,19)15-7-2-3-8(13)9(14)4-7/h2-5,15H,1H3,(H,16,17). The van der Waals surface area contributed by atoms with Crippen LogP contribution in [0.25, 0.3) is 0 Å². The van der Waals surface area contributed by atoms with Gasteiger partial charge < -0.3 is 9.52 Å². The topological polar surface area (TPSA) is 96.6 Å². The van der Waals surface area contributed by atoms with Crippen molar-refractivity contribution in [3.05, 3.63) is 46.6 Å². The van der Waals surface area contributed by atoms with Crippen LogP contribution in [-0.4, -0.2) is 19.5 Å². The van der Waals surface area contributed by atoms with E-state index in [-0.39, 0.29) is 21.4 Å². The molecule has 2 N–H and O–H groups in total. The lowest BCUT2D eigenvalue weighted by Gasteiger charge is -2.07. The first kappa shape index (κ1) is 15.3. The number of aromatic carboxylic acids is 1. The third-order valence-corrected chi connectivity index (χ3v) is 4.34. The number of benzene rings is 1. The monoisotopic (exact) mass is 333 g/mol. The maximum Gasteiger partial charge on any atom is 0.371 e. The predicted octanol–water partition coefficient (Wildman–Crippen LogP) is 2.88. The Labute approximate surface area is 124 Å². The summed E-state index contributed by atoms with van der Waals surface area (Å²) in [6.45, 7) is 1.31. The normalized spacial score (nSPS) is 11.4. The average Bonchev–Trinajstić information content (AvgIpc) is 2.77. The van der Waals surface area contributed by atoms with Gasteiger partial charge in [-0.2, -0.15) is 0 Å². The highest BCUT2D eigenvalue weighted by Gasteiger charge is 2.24. The highest BCUT2D eigenvalue weighted by atomic mass is 35.5. The number of nitrogens with one attached hydrogen (secondary N) is 1. The number of carboxylic acid groups (broad SMARTS) is 1. The Bertz CT molecular complexity index is 815. The van der Waals surface area contributed by atoms with E-state index in [1.54, 1.807) is 0 Å². The largest absolute Gasteiger partial charge is 0.475 e. The molecule has 21 heavy (non-hydrogen) atoms.